The Morgan fingerprint density at radius 3 is 2.36 bits per heavy atom. The Balaban J connectivity index is 1.61. The molecule has 2 unspecified atom stereocenters. The minimum atomic E-state index is -4.10. The van der Waals surface area contributed by atoms with Gasteiger partial charge in [0, 0.05) is 31.7 Å². The monoisotopic (exact) mass is 554 g/mol. The molecule has 39 heavy (non-hydrogen) atoms. The Morgan fingerprint density at radius 1 is 1.05 bits per heavy atom. The van der Waals surface area contributed by atoms with Crippen LogP contribution in [0.1, 0.15) is 36.5 Å². The first-order valence-corrected chi connectivity index (χ1v) is 13.9. The molecule has 1 aliphatic rings. The number of hydrogen-bond acceptors (Lipinski definition) is 10. The van der Waals surface area contributed by atoms with Crippen LogP contribution in [0, 0.1) is 6.92 Å². The molecule has 2 atom stereocenters. The summed E-state index contributed by atoms with van der Waals surface area (Å²) in [5.74, 6) is 1.38. The lowest BCUT2D eigenvalue weighted by atomic mass is 10.2. The number of nitrogens with zero attached hydrogens (tertiary/aromatic N) is 7. The van der Waals surface area contributed by atoms with E-state index in [4.69, 9.17) is 14.2 Å². The quantitative estimate of drug-likeness (QED) is 0.310. The van der Waals surface area contributed by atoms with Gasteiger partial charge >= 0.3 is 0 Å². The van der Waals surface area contributed by atoms with Crippen molar-refractivity contribution in [3.8, 4) is 28.7 Å². The highest BCUT2D eigenvalue weighted by atomic mass is 32.2. The number of fused-ring (bicyclic) bond motifs is 1. The van der Waals surface area contributed by atoms with Gasteiger partial charge in [-0.15, -0.1) is 10.2 Å². The third-order valence-corrected chi connectivity index (χ3v) is 8.34. The lowest BCUT2D eigenvalue weighted by Crippen LogP contribution is -2.33. The van der Waals surface area contributed by atoms with Crippen molar-refractivity contribution in [3.63, 3.8) is 0 Å². The van der Waals surface area contributed by atoms with Crippen LogP contribution in [-0.2, 0) is 27.7 Å². The maximum Gasteiger partial charge on any atom is 0.243 e. The average molecular weight is 555 g/mol. The third-order valence-electron chi connectivity index (χ3n) is 6.64. The SMILES string of the molecule is COc1cccc(OC)c1-n1c(NS(=O)(=O)C(C)C(OC)c2ncc(C)cn2)nnc1-c1cc2n(n1)CCC2. The van der Waals surface area contributed by atoms with Gasteiger partial charge in [0.15, 0.2) is 11.6 Å². The molecule has 3 aromatic heterocycles. The second-order valence-corrected chi connectivity index (χ2v) is 11.2. The summed E-state index contributed by atoms with van der Waals surface area (Å²) in [5, 5.41) is 12.2. The highest BCUT2D eigenvalue weighted by Gasteiger charge is 2.35. The first kappa shape index (κ1) is 26.6. The van der Waals surface area contributed by atoms with Gasteiger partial charge in [-0.05, 0) is 50.5 Å². The first-order valence-electron chi connectivity index (χ1n) is 12.3. The van der Waals surface area contributed by atoms with Crippen molar-refractivity contribution < 1.29 is 22.6 Å². The zero-order valence-corrected chi connectivity index (χ0v) is 23.1. The van der Waals surface area contributed by atoms with E-state index in [0.717, 1.165) is 30.6 Å². The fraction of sp³-hybridized carbons (Fsp3) is 0.400. The molecule has 13 nitrogen and oxygen atoms in total. The molecule has 0 spiro atoms. The van der Waals surface area contributed by atoms with Crippen molar-refractivity contribution >= 4 is 16.0 Å². The van der Waals surface area contributed by atoms with Crippen LogP contribution in [0.3, 0.4) is 0 Å². The molecule has 4 aromatic rings. The van der Waals surface area contributed by atoms with E-state index in [0.29, 0.717) is 28.7 Å². The number of ether oxygens (including phenoxy) is 3. The van der Waals surface area contributed by atoms with E-state index in [9.17, 15) is 8.42 Å². The second-order valence-electron chi connectivity index (χ2n) is 9.17. The van der Waals surface area contributed by atoms with E-state index in [1.54, 1.807) is 35.2 Å². The number of anilines is 1. The summed E-state index contributed by atoms with van der Waals surface area (Å²) in [7, 11) is 0.347. The summed E-state index contributed by atoms with van der Waals surface area (Å²) in [5.41, 5.74) is 2.89. The van der Waals surface area contributed by atoms with Gasteiger partial charge in [-0.1, -0.05) is 6.07 Å². The van der Waals surface area contributed by atoms with E-state index in [-0.39, 0.29) is 11.8 Å². The van der Waals surface area contributed by atoms with Crippen LogP contribution >= 0.6 is 0 Å². The van der Waals surface area contributed by atoms with Gasteiger partial charge in [0.1, 0.15) is 34.2 Å². The largest absolute Gasteiger partial charge is 0.494 e. The molecule has 0 radical (unpaired) electrons. The highest BCUT2D eigenvalue weighted by molar-refractivity contribution is 7.93. The summed E-state index contributed by atoms with van der Waals surface area (Å²) < 4.78 is 50.2. The van der Waals surface area contributed by atoms with Crippen LogP contribution in [-0.4, -0.2) is 69.5 Å². The molecule has 4 heterocycles. The topological polar surface area (TPSA) is 148 Å². The smallest absolute Gasteiger partial charge is 0.243 e. The van der Waals surface area contributed by atoms with E-state index >= 15 is 0 Å². The summed E-state index contributed by atoms with van der Waals surface area (Å²) in [4.78, 5) is 8.53. The van der Waals surface area contributed by atoms with E-state index in [2.05, 4.69) is 30.0 Å². The molecule has 0 saturated heterocycles. The molecule has 0 fully saturated rings. The number of rotatable bonds is 10. The van der Waals surface area contributed by atoms with Gasteiger partial charge in [0.2, 0.25) is 16.0 Å². The number of nitrogens with one attached hydrogen (secondary N) is 1. The minimum absolute atomic E-state index is 0.0625. The van der Waals surface area contributed by atoms with Crippen LogP contribution in [0.4, 0.5) is 5.95 Å². The molecule has 0 aliphatic carbocycles. The maximum atomic E-state index is 13.7. The number of benzene rings is 1. The number of aromatic nitrogens is 7. The van der Waals surface area contributed by atoms with Crippen molar-refractivity contribution in [2.24, 2.45) is 0 Å². The van der Waals surface area contributed by atoms with Gasteiger partial charge in [0.05, 0.1) is 14.2 Å². The molecule has 0 amide bonds. The number of hydrogen-bond donors (Lipinski definition) is 1. The van der Waals surface area contributed by atoms with Crippen LogP contribution in [0.15, 0.2) is 36.7 Å². The minimum Gasteiger partial charge on any atom is -0.494 e. The molecular formula is C25H30N8O5S. The lowest BCUT2D eigenvalue weighted by molar-refractivity contribution is 0.0949. The fourth-order valence-corrected chi connectivity index (χ4v) is 5.72. The summed E-state index contributed by atoms with van der Waals surface area (Å²) in [6.07, 6.45) is 4.20. The van der Waals surface area contributed by atoms with Gasteiger partial charge in [-0.25, -0.2) is 18.4 Å². The number of sulfonamides is 1. The molecule has 14 heteroatoms. The summed E-state index contributed by atoms with van der Waals surface area (Å²) in [6.45, 7) is 4.17. The number of aryl methyl sites for hydroxylation is 3. The van der Waals surface area contributed by atoms with Crippen LogP contribution in [0.25, 0.3) is 17.2 Å². The van der Waals surface area contributed by atoms with Crippen molar-refractivity contribution in [3.05, 3.63) is 53.7 Å². The Hall–Kier alpha value is -4.04. The van der Waals surface area contributed by atoms with Crippen LogP contribution in [0.2, 0.25) is 0 Å². The average Bonchev–Trinajstić information content (AvgIpc) is 3.64. The van der Waals surface area contributed by atoms with Gasteiger partial charge in [-0.2, -0.15) is 5.10 Å². The van der Waals surface area contributed by atoms with Gasteiger partial charge in [-0.3, -0.25) is 14.0 Å². The third kappa shape index (κ3) is 4.92. The molecule has 1 aromatic carbocycles. The lowest BCUT2D eigenvalue weighted by Gasteiger charge is -2.22. The number of para-hydroxylation sites is 1. The van der Waals surface area contributed by atoms with Crippen LogP contribution in [0.5, 0.6) is 11.5 Å². The predicted molar refractivity (Wildman–Crippen MR) is 143 cm³/mol. The zero-order chi connectivity index (χ0) is 27.7. The summed E-state index contributed by atoms with van der Waals surface area (Å²) in [6, 6.07) is 7.19. The molecule has 1 N–H and O–H groups in total. The van der Waals surface area contributed by atoms with E-state index < -0.39 is 21.4 Å². The molecule has 206 valence electrons. The first-order chi connectivity index (χ1) is 18.8. The molecule has 0 bridgehead atoms. The Morgan fingerprint density at radius 2 is 1.74 bits per heavy atom. The predicted octanol–water partition coefficient (Wildman–Crippen LogP) is 2.71. The van der Waals surface area contributed by atoms with Crippen LogP contribution < -0.4 is 14.2 Å². The van der Waals surface area contributed by atoms with Crippen molar-refractivity contribution in [2.45, 2.75) is 44.6 Å². The zero-order valence-electron chi connectivity index (χ0n) is 22.3. The molecular weight excluding hydrogens is 524 g/mol. The number of methoxy groups -OCH3 is 3. The van der Waals surface area contributed by atoms with Crippen molar-refractivity contribution in [1.82, 2.24) is 34.5 Å². The Kier molecular flexibility index (Phi) is 7.23. The Bertz CT molecular complexity index is 1540. The maximum absolute atomic E-state index is 13.7. The van der Waals surface area contributed by atoms with E-state index in [1.807, 2.05) is 17.7 Å². The molecule has 1 aliphatic heterocycles. The summed E-state index contributed by atoms with van der Waals surface area (Å²) >= 11 is 0. The highest BCUT2D eigenvalue weighted by Crippen LogP contribution is 2.38. The standard InChI is InChI=1S/C25H30N8O5S/c1-15-13-26-23(27-14-15)22(38-5)16(2)39(34,35)31-25-29-28-24(18-12-17-8-7-11-32(17)30-18)33(25)21-19(36-3)9-6-10-20(21)37-4/h6,9-10,12-14,16,22H,7-8,11H2,1-5H3,(H,29,31). The van der Waals surface area contributed by atoms with Crippen molar-refractivity contribution in [1.29, 1.82) is 0 Å². The second kappa shape index (κ2) is 10.6. The molecule has 0 saturated carbocycles. The van der Waals surface area contributed by atoms with Gasteiger partial charge in [0.25, 0.3) is 0 Å². The van der Waals surface area contributed by atoms with Crippen molar-refractivity contribution in [2.75, 3.05) is 26.1 Å². The Labute approximate surface area is 226 Å². The van der Waals surface area contributed by atoms with E-state index in [1.165, 1.54) is 28.3 Å². The fourth-order valence-electron chi connectivity index (χ4n) is 4.59. The normalized spacial score (nSPS) is 14.6. The van der Waals surface area contributed by atoms with Gasteiger partial charge < -0.3 is 14.2 Å². The molecule has 5 rings (SSSR count).